The lowest BCUT2D eigenvalue weighted by Crippen LogP contribution is -2.36. The van der Waals surface area contributed by atoms with Gasteiger partial charge in [0.2, 0.25) is 17.8 Å². The monoisotopic (exact) mass is 656 g/mol. The van der Waals surface area contributed by atoms with Crippen molar-refractivity contribution < 1.29 is 27.8 Å². The van der Waals surface area contributed by atoms with E-state index in [0.29, 0.717) is 58.1 Å². The van der Waals surface area contributed by atoms with Crippen LogP contribution < -0.4 is 26.2 Å². The summed E-state index contributed by atoms with van der Waals surface area (Å²) in [6, 6.07) is 12.2. The third-order valence-corrected chi connectivity index (χ3v) is 6.18. The van der Waals surface area contributed by atoms with Gasteiger partial charge in [0.15, 0.2) is 0 Å². The van der Waals surface area contributed by atoms with Crippen molar-refractivity contribution in [1.82, 2.24) is 25.6 Å². The number of rotatable bonds is 15. The van der Waals surface area contributed by atoms with Gasteiger partial charge in [0.05, 0.1) is 0 Å². The number of carbonyl (C=O) groups excluding carboxylic acids is 2. The highest BCUT2D eigenvalue weighted by atomic mass is 19.1. The van der Waals surface area contributed by atoms with E-state index in [1.54, 1.807) is 65.8 Å². The zero-order valence-electron chi connectivity index (χ0n) is 28.0. The van der Waals surface area contributed by atoms with Crippen LogP contribution in [-0.4, -0.2) is 64.5 Å². The van der Waals surface area contributed by atoms with Gasteiger partial charge in [0.1, 0.15) is 22.8 Å². The number of hydrogen-bond donors (Lipinski definition) is 4. The lowest BCUT2D eigenvalue weighted by Gasteiger charge is -2.24. The highest BCUT2D eigenvalue weighted by molar-refractivity contribution is 5.68. The number of halogens is 2. The number of nitrogens with zero attached hydrogens (tertiary/aromatic N) is 4. The number of carbonyl (C=O) groups is 2. The molecule has 3 rings (SSSR count). The zero-order chi connectivity index (χ0) is 34.5. The van der Waals surface area contributed by atoms with E-state index in [4.69, 9.17) is 9.47 Å². The Morgan fingerprint density at radius 1 is 0.660 bits per heavy atom. The molecule has 3 aromatic rings. The Labute approximate surface area is 275 Å². The molecule has 0 atom stereocenters. The summed E-state index contributed by atoms with van der Waals surface area (Å²) in [6.45, 7) is 13.1. The first-order valence-corrected chi connectivity index (χ1v) is 15.6. The molecular weight excluding hydrogens is 610 g/mol. The number of amides is 2. The average Bonchev–Trinajstić information content (AvgIpc) is 2.98. The quantitative estimate of drug-likeness (QED) is 0.144. The molecule has 1 aromatic heterocycles. The number of nitrogens with one attached hydrogen (secondary N) is 4. The van der Waals surface area contributed by atoms with Crippen molar-refractivity contribution in [3.05, 3.63) is 71.3 Å². The summed E-state index contributed by atoms with van der Waals surface area (Å²) in [5.74, 6) is 0.259. The largest absolute Gasteiger partial charge is 0.444 e. The van der Waals surface area contributed by atoms with Gasteiger partial charge in [0, 0.05) is 39.3 Å². The second kappa shape index (κ2) is 17.2. The van der Waals surface area contributed by atoms with Crippen LogP contribution in [0.5, 0.6) is 0 Å². The van der Waals surface area contributed by atoms with E-state index in [-0.39, 0.29) is 23.5 Å². The van der Waals surface area contributed by atoms with E-state index in [1.165, 1.54) is 24.3 Å². The van der Waals surface area contributed by atoms with Crippen LogP contribution in [0.3, 0.4) is 0 Å². The Kier molecular flexibility index (Phi) is 13.5. The van der Waals surface area contributed by atoms with Crippen molar-refractivity contribution in [2.24, 2.45) is 0 Å². The summed E-state index contributed by atoms with van der Waals surface area (Å²) in [5, 5.41) is 11.9. The minimum Gasteiger partial charge on any atom is -0.444 e. The molecule has 1 heterocycles. The molecule has 0 radical (unpaired) electrons. The molecule has 0 fully saturated rings. The summed E-state index contributed by atoms with van der Waals surface area (Å²) in [7, 11) is 0. The number of anilines is 3. The van der Waals surface area contributed by atoms with Crippen molar-refractivity contribution in [1.29, 1.82) is 0 Å². The molecule has 0 saturated heterocycles. The fourth-order valence-corrected chi connectivity index (χ4v) is 4.09. The maximum Gasteiger partial charge on any atom is 0.407 e. The lowest BCUT2D eigenvalue weighted by molar-refractivity contribution is 0.0516. The van der Waals surface area contributed by atoms with Crippen LogP contribution >= 0.6 is 0 Å². The van der Waals surface area contributed by atoms with E-state index in [9.17, 15) is 18.4 Å². The standard InChI is InChI=1S/C33H46F2N8O4/c1-32(2,3)46-30(44)36-17-7-19-43(20-8-18-37-31(45)47-33(4,5)6)29-41-27(38-21-23-9-13-25(34)14-10-23)40-28(42-29)39-22-24-11-15-26(35)16-12-24/h9-16H,7-8,17-22H2,1-6H3,(H,36,44)(H,37,45)(H2,38,39,40,41,42). The molecular formula is C33H46F2N8O4. The number of alkyl carbamates (subject to hydrolysis) is 2. The summed E-state index contributed by atoms with van der Waals surface area (Å²) in [6.07, 6.45) is 0.0676. The first-order chi connectivity index (χ1) is 22.1. The molecule has 0 spiro atoms. The Hall–Kier alpha value is -4.75. The Morgan fingerprint density at radius 2 is 1.04 bits per heavy atom. The molecule has 2 aromatic carbocycles. The fourth-order valence-electron chi connectivity index (χ4n) is 4.09. The minimum atomic E-state index is -0.614. The van der Waals surface area contributed by atoms with Gasteiger partial charge in [-0.05, 0) is 89.8 Å². The number of aromatic nitrogens is 3. The van der Waals surface area contributed by atoms with Crippen molar-refractivity contribution in [2.75, 3.05) is 41.7 Å². The SMILES string of the molecule is CC(C)(C)OC(=O)NCCCN(CCCNC(=O)OC(C)(C)C)c1nc(NCc2ccc(F)cc2)nc(NCc2ccc(F)cc2)n1. The summed E-state index contributed by atoms with van der Waals surface area (Å²) < 4.78 is 37.5. The van der Waals surface area contributed by atoms with Gasteiger partial charge in [-0.2, -0.15) is 15.0 Å². The molecule has 0 aliphatic heterocycles. The molecule has 2 amide bonds. The van der Waals surface area contributed by atoms with E-state index >= 15 is 0 Å². The second-order valence-corrected chi connectivity index (χ2v) is 12.8. The van der Waals surface area contributed by atoms with Gasteiger partial charge in [-0.25, -0.2) is 18.4 Å². The van der Waals surface area contributed by atoms with Crippen molar-refractivity contribution in [3.8, 4) is 0 Å². The van der Waals surface area contributed by atoms with Crippen molar-refractivity contribution >= 4 is 30.0 Å². The topological polar surface area (TPSA) is 143 Å². The predicted molar refractivity (Wildman–Crippen MR) is 177 cm³/mol. The Bertz CT molecular complexity index is 1320. The van der Waals surface area contributed by atoms with Crippen molar-refractivity contribution in [2.45, 2.75) is 78.7 Å². The number of ether oxygens (including phenoxy) is 2. The molecule has 0 aliphatic rings. The summed E-state index contributed by atoms with van der Waals surface area (Å²) in [5.41, 5.74) is 0.424. The van der Waals surface area contributed by atoms with Gasteiger partial charge < -0.3 is 35.6 Å². The third-order valence-electron chi connectivity index (χ3n) is 6.18. The van der Waals surface area contributed by atoms with Crippen LogP contribution in [0.2, 0.25) is 0 Å². The van der Waals surface area contributed by atoms with Gasteiger partial charge in [-0.3, -0.25) is 0 Å². The number of hydrogen-bond acceptors (Lipinski definition) is 10. The number of benzene rings is 2. The third kappa shape index (κ3) is 14.9. The van der Waals surface area contributed by atoms with Crippen LogP contribution in [0, 0.1) is 11.6 Å². The zero-order valence-corrected chi connectivity index (χ0v) is 28.0. The molecule has 0 bridgehead atoms. The maximum atomic E-state index is 13.4. The highest BCUT2D eigenvalue weighted by Crippen LogP contribution is 2.17. The molecule has 0 unspecified atom stereocenters. The molecule has 14 heteroatoms. The second-order valence-electron chi connectivity index (χ2n) is 12.8. The Balaban J connectivity index is 1.78. The molecule has 4 N–H and O–H groups in total. The van der Waals surface area contributed by atoms with E-state index in [1.807, 2.05) is 4.90 Å². The minimum absolute atomic E-state index is 0.282. The van der Waals surface area contributed by atoms with Crippen LogP contribution in [0.25, 0.3) is 0 Å². The van der Waals surface area contributed by atoms with Crippen molar-refractivity contribution in [3.63, 3.8) is 0 Å². The van der Waals surface area contributed by atoms with E-state index in [0.717, 1.165) is 11.1 Å². The molecule has 256 valence electrons. The van der Waals surface area contributed by atoms with Gasteiger partial charge in [-0.1, -0.05) is 24.3 Å². The van der Waals surface area contributed by atoms with Crippen LogP contribution in [0.15, 0.2) is 48.5 Å². The average molecular weight is 657 g/mol. The highest BCUT2D eigenvalue weighted by Gasteiger charge is 2.18. The van der Waals surface area contributed by atoms with Gasteiger partial charge in [-0.15, -0.1) is 0 Å². The van der Waals surface area contributed by atoms with Gasteiger partial charge >= 0.3 is 12.2 Å². The molecule has 0 saturated carbocycles. The fraction of sp³-hybridized carbons (Fsp3) is 0.485. The predicted octanol–water partition coefficient (Wildman–Crippen LogP) is 6.01. The van der Waals surface area contributed by atoms with E-state index in [2.05, 4.69) is 36.2 Å². The molecule has 0 aliphatic carbocycles. The smallest absolute Gasteiger partial charge is 0.407 e. The molecule has 12 nitrogen and oxygen atoms in total. The first kappa shape index (κ1) is 36.7. The van der Waals surface area contributed by atoms with Gasteiger partial charge in [0.25, 0.3) is 0 Å². The van der Waals surface area contributed by atoms with E-state index < -0.39 is 23.4 Å². The normalized spacial score (nSPS) is 11.4. The maximum absolute atomic E-state index is 13.4. The summed E-state index contributed by atoms with van der Waals surface area (Å²) in [4.78, 5) is 40.1. The van der Waals surface area contributed by atoms with Crippen LogP contribution in [-0.2, 0) is 22.6 Å². The summed E-state index contributed by atoms with van der Waals surface area (Å²) >= 11 is 0. The Morgan fingerprint density at radius 3 is 1.40 bits per heavy atom. The van der Waals surface area contributed by atoms with Crippen LogP contribution in [0.1, 0.15) is 65.5 Å². The first-order valence-electron chi connectivity index (χ1n) is 15.6. The lowest BCUT2D eigenvalue weighted by atomic mass is 10.2. The molecule has 47 heavy (non-hydrogen) atoms. The van der Waals surface area contributed by atoms with Crippen LogP contribution in [0.4, 0.5) is 36.2 Å².